The standard InChI is InChI=1S/C10H12O3/c11-10-7-9(12-13-10)6-8-4-2-1-3-5-8/h1-5,9-11H,6-7H2. The summed E-state index contributed by atoms with van der Waals surface area (Å²) in [5.74, 6) is 0. The summed E-state index contributed by atoms with van der Waals surface area (Å²) in [7, 11) is 0. The van der Waals surface area contributed by atoms with Crippen molar-refractivity contribution in [2.24, 2.45) is 0 Å². The molecule has 3 nitrogen and oxygen atoms in total. The van der Waals surface area contributed by atoms with Gasteiger partial charge in [0.2, 0.25) is 0 Å². The van der Waals surface area contributed by atoms with Gasteiger partial charge in [0, 0.05) is 12.8 Å². The van der Waals surface area contributed by atoms with Crippen LogP contribution in [0.4, 0.5) is 0 Å². The molecule has 2 rings (SSSR count). The lowest BCUT2D eigenvalue weighted by atomic mass is 10.1. The molecule has 13 heavy (non-hydrogen) atoms. The molecule has 1 aromatic carbocycles. The molecule has 0 spiro atoms. The molecule has 0 amide bonds. The number of hydrogen-bond acceptors (Lipinski definition) is 3. The monoisotopic (exact) mass is 180 g/mol. The second-order valence-corrected chi connectivity index (χ2v) is 3.19. The van der Waals surface area contributed by atoms with Crippen LogP contribution < -0.4 is 0 Å². The third-order valence-electron chi connectivity index (χ3n) is 2.07. The van der Waals surface area contributed by atoms with Crippen molar-refractivity contribution in [1.29, 1.82) is 0 Å². The van der Waals surface area contributed by atoms with Gasteiger partial charge in [-0.2, -0.15) is 0 Å². The summed E-state index contributed by atoms with van der Waals surface area (Å²) in [4.78, 5) is 9.51. The molecule has 0 aromatic heterocycles. The SMILES string of the molecule is OC1CC(Cc2ccccc2)OO1. The Morgan fingerprint density at radius 1 is 1.23 bits per heavy atom. The van der Waals surface area contributed by atoms with Gasteiger partial charge >= 0.3 is 0 Å². The molecule has 2 atom stereocenters. The Balaban J connectivity index is 1.92. The molecule has 3 heteroatoms. The van der Waals surface area contributed by atoms with Crippen molar-refractivity contribution in [3.8, 4) is 0 Å². The van der Waals surface area contributed by atoms with Crippen LogP contribution in [0.2, 0.25) is 0 Å². The van der Waals surface area contributed by atoms with Crippen LogP contribution in [0.5, 0.6) is 0 Å². The Bertz CT molecular complexity index is 260. The van der Waals surface area contributed by atoms with E-state index in [0.717, 1.165) is 6.42 Å². The van der Waals surface area contributed by atoms with Crippen molar-refractivity contribution in [3.05, 3.63) is 35.9 Å². The number of rotatable bonds is 2. The second kappa shape index (κ2) is 3.87. The molecule has 1 aliphatic rings. The molecule has 0 saturated carbocycles. The summed E-state index contributed by atoms with van der Waals surface area (Å²) in [5, 5.41) is 9.03. The maximum atomic E-state index is 9.03. The summed E-state index contributed by atoms with van der Waals surface area (Å²) >= 11 is 0. The average Bonchev–Trinajstić information content (AvgIpc) is 2.53. The number of hydrogen-bond donors (Lipinski definition) is 1. The minimum Gasteiger partial charge on any atom is -0.366 e. The predicted molar refractivity (Wildman–Crippen MR) is 46.7 cm³/mol. The Kier molecular flexibility index (Phi) is 2.59. The summed E-state index contributed by atoms with van der Waals surface area (Å²) in [6, 6.07) is 10.0. The van der Waals surface area contributed by atoms with E-state index in [0.29, 0.717) is 6.42 Å². The molecular formula is C10H12O3. The second-order valence-electron chi connectivity index (χ2n) is 3.19. The summed E-state index contributed by atoms with van der Waals surface area (Å²) < 4.78 is 0. The van der Waals surface area contributed by atoms with Crippen molar-refractivity contribution in [1.82, 2.24) is 0 Å². The molecule has 1 aliphatic heterocycles. The third kappa shape index (κ3) is 2.28. The van der Waals surface area contributed by atoms with Gasteiger partial charge < -0.3 is 5.11 Å². The molecule has 0 radical (unpaired) electrons. The minimum absolute atomic E-state index is 0.0163. The minimum atomic E-state index is -0.756. The van der Waals surface area contributed by atoms with Crippen LogP contribution in [0.25, 0.3) is 0 Å². The fraction of sp³-hybridized carbons (Fsp3) is 0.400. The maximum absolute atomic E-state index is 9.03. The van der Waals surface area contributed by atoms with E-state index in [4.69, 9.17) is 9.99 Å². The van der Waals surface area contributed by atoms with Crippen LogP contribution in [-0.4, -0.2) is 17.5 Å². The highest BCUT2D eigenvalue weighted by molar-refractivity contribution is 5.15. The number of aliphatic hydroxyl groups is 1. The molecule has 1 heterocycles. The van der Waals surface area contributed by atoms with Gasteiger partial charge in [0.25, 0.3) is 0 Å². The van der Waals surface area contributed by atoms with E-state index in [1.807, 2.05) is 30.3 Å². The first-order valence-electron chi connectivity index (χ1n) is 4.39. The van der Waals surface area contributed by atoms with E-state index in [9.17, 15) is 0 Å². The highest BCUT2D eigenvalue weighted by Crippen LogP contribution is 2.18. The third-order valence-corrected chi connectivity index (χ3v) is 2.07. The number of aliphatic hydroxyl groups excluding tert-OH is 1. The zero-order chi connectivity index (χ0) is 9.10. The zero-order valence-corrected chi connectivity index (χ0v) is 7.22. The lowest BCUT2D eigenvalue weighted by Gasteiger charge is -2.05. The first-order chi connectivity index (χ1) is 6.34. The Labute approximate surface area is 76.8 Å². The van der Waals surface area contributed by atoms with Gasteiger partial charge in [-0.25, -0.2) is 9.78 Å². The van der Waals surface area contributed by atoms with Gasteiger partial charge in [-0.05, 0) is 5.56 Å². The lowest BCUT2D eigenvalue weighted by molar-refractivity contribution is -0.332. The van der Waals surface area contributed by atoms with Crippen LogP contribution >= 0.6 is 0 Å². The molecule has 0 aliphatic carbocycles. The quantitative estimate of drug-likeness (QED) is 0.696. The summed E-state index contributed by atoms with van der Waals surface area (Å²) in [6.45, 7) is 0. The predicted octanol–water partition coefficient (Wildman–Crippen LogP) is 1.27. The molecule has 1 aromatic rings. The smallest absolute Gasteiger partial charge is 0.191 e. The Hall–Kier alpha value is -0.900. The van der Waals surface area contributed by atoms with Gasteiger partial charge in [-0.3, -0.25) is 0 Å². The van der Waals surface area contributed by atoms with E-state index in [1.54, 1.807) is 0 Å². The van der Waals surface area contributed by atoms with Crippen molar-refractivity contribution in [2.75, 3.05) is 0 Å². The zero-order valence-electron chi connectivity index (χ0n) is 7.22. The highest BCUT2D eigenvalue weighted by Gasteiger charge is 2.25. The van der Waals surface area contributed by atoms with Gasteiger partial charge in [-0.1, -0.05) is 30.3 Å². The number of benzene rings is 1. The van der Waals surface area contributed by atoms with Gasteiger partial charge in [0.15, 0.2) is 6.29 Å². The average molecular weight is 180 g/mol. The van der Waals surface area contributed by atoms with Crippen LogP contribution in [-0.2, 0) is 16.2 Å². The largest absolute Gasteiger partial charge is 0.366 e. The molecule has 2 unspecified atom stereocenters. The fourth-order valence-electron chi connectivity index (χ4n) is 1.44. The van der Waals surface area contributed by atoms with E-state index >= 15 is 0 Å². The van der Waals surface area contributed by atoms with Crippen LogP contribution in [0.15, 0.2) is 30.3 Å². The van der Waals surface area contributed by atoms with E-state index in [2.05, 4.69) is 4.89 Å². The van der Waals surface area contributed by atoms with Crippen molar-refractivity contribution < 1.29 is 14.9 Å². The first kappa shape index (κ1) is 8.69. The molecule has 1 fully saturated rings. The molecule has 1 N–H and O–H groups in total. The Morgan fingerprint density at radius 3 is 2.62 bits per heavy atom. The first-order valence-corrected chi connectivity index (χ1v) is 4.39. The van der Waals surface area contributed by atoms with Crippen molar-refractivity contribution >= 4 is 0 Å². The van der Waals surface area contributed by atoms with E-state index in [-0.39, 0.29) is 6.10 Å². The maximum Gasteiger partial charge on any atom is 0.191 e. The fourth-order valence-corrected chi connectivity index (χ4v) is 1.44. The normalized spacial score (nSPS) is 27.8. The highest BCUT2D eigenvalue weighted by atomic mass is 17.2. The lowest BCUT2D eigenvalue weighted by Crippen LogP contribution is -2.09. The van der Waals surface area contributed by atoms with Gasteiger partial charge in [0.05, 0.1) is 0 Å². The van der Waals surface area contributed by atoms with Crippen molar-refractivity contribution in [3.63, 3.8) is 0 Å². The van der Waals surface area contributed by atoms with E-state index < -0.39 is 6.29 Å². The molecule has 0 bridgehead atoms. The van der Waals surface area contributed by atoms with Crippen LogP contribution in [0, 0.1) is 0 Å². The van der Waals surface area contributed by atoms with Crippen LogP contribution in [0.3, 0.4) is 0 Å². The van der Waals surface area contributed by atoms with Crippen LogP contribution in [0.1, 0.15) is 12.0 Å². The van der Waals surface area contributed by atoms with Gasteiger partial charge in [-0.15, -0.1) is 0 Å². The molecule has 1 saturated heterocycles. The molecular weight excluding hydrogens is 168 g/mol. The Morgan fingerprint density at radius 2 is 2.00 bits per heavy atom. The van der Waals surface area contributed by atoms with Gasteiger partial charge in [0.1, 0.15) is 6.10 Å². The summed E-state index contributed by atoms with van der Waals surface area (Å²) in [6.07, 6.45) is 0.568. The van der Waals surface area contributed by atoms with Crippen molar-refractivity contribution in [2.45, 2.75) is 25.2 Å². The van der Waals surface area contributed by atoms with E-state index in [1.165, 1.54) is 5.56 Å². The topological polar surface area (TPSA) is 38.7 Å². The molecule has 70 valence electrons. The summed E-state index contributed by atoms with van der Waals surface area (Å²) in [5.41, 5.74) is 1.20.